The van der Waals surface area contributed by atoms with Crippen molar-refractivity contribution in [2.24, 2.45) is 0 Å². The van der Waals surface area contributed by atoms with E-state index in [-0.39, 0.29) is 0 Å². The van der Waals surface area contributed by atoms with E-state index in [1.165, 1.54) is 14.5 Å². The molecule has 5 heteroatoms. The Morgan fingerprint density at radius 3 is 1.22 bits per heavy atom. The molecule has 50 valence electrons. The van der Waals surface area contributed by atoms with Crippen LogP contribution in [-0.4, -0.2) is 4.98 Å². The maximum Gasteiger partial charge on any atom is 0.0926 e. The van der Waals surface area contributed by atoms with Crippen LogP contribution in [-0.2, 0) is 0 Å². The largest absolute Gasteiger partial charge is 0.344 e. The van der Waals surface area contributed by atoms with Gasteiger partial charge in [-0.15, -0.1) is 0 Å². The molecule has 0 aliphatic carbocycles. The fraction of sp³-hybridized carbons (Fsp3) is 0. The normalized spacial score (nSPS) is 10.2. The van der Waals surface area contributed by atoms with Crippen LogP contribution in [0.5, 0.6) is 0 Å². The van der Waals surface area contributed by atoms with Gasteiger partial charge in [-0.05, 0) is 90.4 Å². The van der Waals surface area contributed by atoms with E-state index in [9.17, 15) is 0 Å². The molecule has 0 aliphatic heterocycles. The lowest BCUT2D eigenvalue weighted by molar-refractivity contribution is 1.30. The van der Waals surface area contributed by atoms with E-state index in [1.54, 1.807) is 0 Å². The highest BCUT2D eigenvalue weighted by Crippen LogP contribution is 2.24. The first-order valence-electron chi connectivity index (χ1n) is 2.01. The predicted molar refractivity (Wildman–Crippen MR) is 71.7 cm³/mol. The van der Waals surface area contributed by atoms with Crippen molar-refractivity contribution in [3.63, 3.8) is 0 Å². The molecule has 1 aromatic rings. The van der Waals surface area contributed by atoms with Gasteiger partial charge in [-0.2, -0.15) is 0 Å². The van der Waals surface area contributed by atoms with Gasteiger partial charge in [-0.25, -0.2) is 0 Å². The van der Waals surface area contributed by atoms with Crippen LogP contribution >= 0.6 is 90.4 Å². The summed E-state index contributed by atoms with van der Waals surface area (Å²) in [7, 11) is 0. The molecule has 0 bridgehead atoms. The number of hydrogen-bond acceptors (Lipinski definition) is 0. The number of nitrogens with one attached hydrogen (secondary N) is 1. The van der Waals surface area contributed by atoms with Crippen LogP contribution in [0.15, 0.2) is 0 Å². The third-order valence-corrected chi connectivity index (χ3v) is 7.67. The Kier molecular flexibility index (Phi) is 3.86. The van der Waals surface area contributed by atoms with Gasteiger partial charge < -0.3 is 4.98 Å². The molecule has 0 saturated heterocycles. The summed E-state index contributed by atoms with van der Waals surface area (Å²) in [6.45, 7) is 0. The number of halogens is 4. The van der Waals surface area contributed by atoms with E-state index >= 15 is 0 Å². The highest BCUT2D eigenvalue weighted by atomic mass is 127. The minimum Gasteiger partial charge on any atom is -0.344 e. The van der Waals surface area contributed by atoms with Crippen molar-refractivity contribution in [1.29, 1.82) is 0 Å². The van der Waals surface area contributed by atoms with Crippen LogP contribution in [0.4, 0.5) is 0 Å². The van der Waals surface area contributed by atoms with Gasteiger partial charge in [-0.1, -0.05) is 0 Å². The molecule has 0 amide bonds. The standard InChI is InChI=1S/C4HI4N/c5-1-2(6)4(8)9-3(1)7/h9H. The monoisotopic (exact) mass is 571 g/mol. The van der Waals surface area contributed by atoms with Crippen molar-refractivity contribution in [3.05, 3.63) is 14.5 Å². The maximum atomic E-state index is 3.23. The number of aromatic nitrogens is 1. The second-order valence-corrected chi connectivity index (χ2v) is 5.70. The molecule has 0 spiro atoms. The van der Waals surface area contributed by atoms with E-state index in [0.29, 0.717) is 0 Å². The zero-order chi connectivity index (χ0) is 7.02. The summed E-state index contributed by atoms with van der Waals surface area (Å²) in [5.41, 5.74) is 0. The minimum atomic E-state index is 1.24. The molecule has 1 rings (SSSR count). The van der Waals surface area contributed by atoms with Gasteiger partial charge >= 0.3 is 0 Å². The lowest BCUT2D eigenvalue weighted by atomic mass is 10.7. The molecule has 1 nitrogen and oxygen atoms in total. The summed E-state index contributed by atoms with van der Waals surface area (Å²) in [4.78, 5) is 3.23. The van der Waals surface area contributed by atoms with Gasteiger partial charge in [-0.3, -0.25) is 0 Å². The number of rotatable bonds is 0. The fourth-order valence-electron chi connectivity index (χ4n) is 0.399. The fourth-order valence-corrected chi connectivity index (χ4v) is 3.83. The summed E-state index contributed by atoms with van der Waals surface area (Å²) in [5.74, 6) is 0. The topological polar surface area (TPSA) is 15.8 Å². The summed E-state index contributed by atoms with van der Waals surface area (Å²) in [5, 5.41) is 0. The van der Waals surface area contributed by atoms with Gasteiger partial charge in [0.05, 0.1) is 14.5 Å². The highest BCUT2D eigenvalue weighted by Gasteiger charge is 2.07. The van der Waals surface area contributed by atoms with Crippen molar-refractivity contribution in [1.82, 2.24) is 4.98 Å². The van der Waals surface area contributed by atoms with E-state index in [4.69, 9.17) is 0 Å². The predicted octanol–water partition coefficient (Wildman–Crippen LogP) is 3.43. The first kappa shape index (κ1) is 9.29. The van der Waals surface area contributed by atoms with Crippen LogP contribution in [0, 0.1) is 14.5 Å². The molecule has 0 fully saturated rings. The third kappa shape index (κ3) is 2.07. The lowest BCUT2D eigenvalue weighted by Crippen LogP contribution is -1.71. The van der Waals surface area contributed by atoms with Crippen molar-refractivity contribution in [2.75, 3.05) is 0 Å². The Hall–Kier alpha value is 2.20. The average Bonchev–Trinajstić information content (AvgIpc) is 1.98. The molecule has 0 atom stereocenters. The van der Waals surface area contributed by atoms with Crippen molar-refractivity contribution < 1.29 is 0 Å². The third-order valence-electron chi connectivity index (χ3n) is 0.798. The lowest BCUT2D eigenvalue weighted by Gasteiger charge is -1.81. The SMILES string of the molecule is Ic1[nH]c(I)c(I)c1I. The molecule has 0 unspecified atom stereocenters. The van der Waals surface area contributed by atoms with Crippen LogP contribution in [0.3, 0.4) is 0 Å². The number of H-pyrrole nitrogens is 1. The first-order chi connectivity index (χ1) is 4.13. The van der Waals surface area contributed by atoms with E-state index < -0.39 is 0 Å². The molecule has 1 heterocycles. The quantitative estimate of drug-likeness (QED) is 0.461. The summed E-state index contributed by atoms with van der Waals surface area (Å²) >= 11 is 9.27. The van der Waals surface area contributed by atoms with Crippen LogP contribution in [0.1, 0.15) is 0 Å². The highest BCUT2D eigenvalue weighted by molar-refractivity contribution is 14.1. The van der Waals surface area contributed by atoms with Crippen LogP contribution in [0.2, 0.25) is 0 Å². The molecule has 1 aromatic heterocycles. The smallest absolute Gasteiger partial charge is 0.0926 e. The average molecular weight is 571 g/mol. The zero-order valence-corrected chi connectivity index (χ0v) is 12.6. The Morgan fingerprint density at radius 2 is 1.11 bits per heavy atom. The molecular formula is C4HI4N. The van der Waals surface area contributed by atoms with Crippen LogP contribution < -0.4 is 0 Å². The maximum absolute atomic E-state index is 3.23. The molecule has 0 aromatic carbocycles. The Labute approximate surface area is 108 Å². The summed E-state index contributed by atoms with van der Waals surface area (Å²) < 4.78 is 5.14. The van der Waals surface area contributed by atoms with E-state index in [2.05, 4.69) is 95.3 Å². The second-order valence-electron chi connectivity index (χ2n) is 1.38. The van der Waals surface area contributed by atoms with Gasteiger partial charge in [0.15, 0.2) is 0 Å². The van der Waals surface area contributed by atoms with E-state index in [0.717, 1.165) is 0 Å². The van der Waals surface area contributed by atoms with Gasteiger partial charge in [0.1, 0.15) is 0 Å². The summed E-state index contributed by atoms with van der Waals surface area (Å²) in [6, 6.07) is 0. The molecule has 0 aliphatic rings. The molecule has 9 heavy (non-hydrogen) atoms. The Morgan fingerprint density at radius 1 is 0.778 bits per heavy atom. The van der Waals surface area contributed by atoms with Crippen LogP contribution in [0.25, 0.3) is 0 Å². The molecule has 0 saturated carbocycles. The second kappa shape index (κ2) is 3.74. The van der Waals surface area contributed by atoms with Gasteiger partial charge in [0, 0.05) is 0 Å². The Bertz CT molecular complexity index is 206. The summed E-state index contributed by atoms with van der Waals surface area (Å²) in [6.07, 6.45) is 0. The van der Waals surface area contributed by atoms with Gasteiger partial charge in [0.25, 0.3) is 0 Å². The van der Waals surface area contributed by atoms with Gasteiger partial charge in [0.2, 0.25) is 0 Å². The minimum absolute atomic E-state index is 1.24. The number of hydrogen-bond donors (Lipinski definition) is 1. The Balaban J connectivity index is 3.29. The zero-order valence-electron chi connectivity index (χ0n) is 4.01. The van der Waals surface area contributed by atoms with Crippen molar-refractivity contribution in [2.45, 2.75) is 0 Å². The molecule has 1 N–H and O–H groups in total. The molecule has 0 radical (unpaired) electrons. The first-order valence-corrected chi connectivity index (χ1v) is 6.32. The van der Waals surface area contributed by atoms with Crippen molar-refractivity contribution in [3.8, 4) is 0 Å². The molecular weight excluding hydrogens is 570 g/mol. The van der Waals surface area contributed by atoms with Crippen molar-refractivity contribution >= 4 is 90.4 Å². The van der Waals surface area contributed by atoms with E-state index in [1.807, 2.05) is 0 Å². The number of aromatic amines is 1.